The fraction of sp³-hybridized carbons (Fsp3) is 0.133. The van der Waals surface area contributed by atoms with Gasteiger partial charge in [0.05, 0.1) is 5.56 Å². The van der Waals surface area contributed by atoms with Gasteiger partial charge in [-0.25, -0.2) is 0 Å². The number of fused-ring (bicyclic) bond motifs is 1. The van der Waals surface area contributed by atoms with Crippen molar-refractivity contribution in [2.75, 3.05) is 5.32 Å². The van der Waals surface area contributed by atoms with Crippen LogP contribution < -0.4 is 20.6 Å². The van der Waals surface area contributed by atoms with Crippen LogP contribution in [0.25, 0.3) is 0 Å². The molecule has 0 saturated heterocycles. The number of carbonyl (C=O) groups is 1. The minimum Gasteiger partial charge on any atom is -0.370 e. The Bertz CT molecular complexity index is 711. The van der Waals surface area contributed by atoms with E-state index in [-0.39, 0.29) is 5.91 Å². The number of hydrogen-bond acceptors (Lipinski definition) is 4. The molecular weight excluding hydrogens is 336 g/mol. The quantitative estimate of drug-likeness (QED) is 0.871. The molecule has 0 fully saturated rings. The number of amides is 1. The first kappa shape index (κ1) is 13.9. The standard InChI is InChI=1S/C15H13BrN2O3/c1-8-4-3-5-9(2)14(8)17-15(19)10-6-12-13(7-11(10)16)21-18-20-12/h3-7,18H,1-2H3,(H,17,19). The molecule has 108 valence electrons. The van der Waals surface area contributed by atoms with Crippen LogP contribution in [-0.2, 0) is 0 Å². The molecule has 2 N–H and O–H groups in total. The van der Waals surface area contributed by atoms with Crippen LogP contribution in [0.2, 0.25) is 0 Å². The zero-order chi connectivity index (χ0) is 15.0. The average molecular weight is 349 g/mol. The van der Waals surface area contributed by atoms with E-state index in [1.54, 1.807) is 12.1 Å². The molecule has 1 aliphatic heterocycles. The van der Waals surface area contributed by atoms with Gasteiger partial charge in [0.1, 0.15) is 0 Å². The summed E-state index contributed by atoms with van der Waals surface area (Å²) < 4.78 is 0.636. The van der Waals surface area contributed by atoms with Crippen molar-refractivity contribution in [1.29, 1.82) is 0 Å². The maximum Gasteiger partial charge on any atom is 0.256 e. The second kappa shape index (κ2) is 5.38. The van der Waals surface area contributed by atoms with Crippen LogP contribution in [0.3, 0.4) is 0 Å². The molecule has 1 aliphatic rings. The second-order valence-electron chi connectivity index (χ2n) is 4.79. The summed E-state index contributed by atoms with van der Waals surface area (Å²) in [6.45, 7) is 3.92. The van der Waals surface area contributed by atoms with Crippen LogP contribution in [0, 0.1) is 13.8 Å². The summed E-state index contributed by atoms with van der Waals surface area (Å²) in [7, 11) is 0. The Hall–Kier alpha value is -2.05. The van der Waals surface area contributed by atoms with Crippen LogP contribution in [0.5, 0.6) is 11.5 Å². The first-order valence-corrected chi connectivity index (χ1v) is 7.15. The van der Waals surface area contributed by atoms with Crippen molar-refractivity contribution in [3.05, 3.63) is 51.5 Å². The highest BCUT2D eigenvalue weighted by Gasteiger charge is 2.21. The largest absolute Gasteiger partial charge is 0.370 e. The molecule has 0 aliphatic carbocycles. The molecule has 6 heteroatoms. The number of benzene rings is 2. The Balaban J connectivity index is 1.93. The van der Waals surface area contributed by atoms with E-state index >= 15 is 0 Å². The van der Waals surface area contributed by atoms with Gasteiger partial charge >= 0.3 is 0 Å². The van der Waals surface area contributed by atoms with Crippen molar-refractivity contribution in [2.24, 2.45) is 0 Å². The molecule has 1 amide bonds. The topological polar surface area (TPSA) is 59.6 Å². The van der Waals surface area contributed by atoms with Gasteiger partial charge in [0.15, 0.2) is 11.5 Å². The Morgan fingerprint density at radius 3 is 2.43 bits per heavy atom. The molecular formula is C15H13BrN2O3. The van der Waals surface area contributed by atoms with Gasteiger partial charge in [-0.2, -0.15) is 0 Å². The smallest absolute Gasteiger partial charge is 0.256 e. The van der Waals surface area contributed by atoms with E-state index in [1.165, 1.54) is 0 Å². The van der Waals surface area contributed by atoms with Gasteiger partial charge in [-0.1, -0.05) is 18.2 Å². The number of aryl methyl sites for hydroxylation is 2. The van der Waals surface area contributed by atoms with Crippen LogP contribution in [0.1, 0.15) is 21.5 Å². The predicted molar refractivity (Wildman–Crippen MR) is 82.4 cm³/mol. The zero-order valence-electron chi connectivity index (χ0n) is 11.5. The fourth-order valence-electron chi connectivity index (χ4n) is 2.17. The van der Waals surface area contributed by atoms with E-state index in [1.807, 2.05) is 32.0 Å². The molecule has 5 nitrogen and oxygen atoms in total. The molecule has 3 rings (SSSR count). The summed E-state index contributed by atoms with van der Waals surface area (Å²) in [5.74, 6) is 0.799. The predicted octanol–water partition coefficient (Wildman–Crippen LogP) is 3.51. The Morgan fingerprint density at radius 1 is 1.14 bits per heavy atom. The van der Waals surface area contributed by atoms with Gasteiger partial charge in [0.2, 0.25) is 0 Å². The second-order valence-corrected chi connectivity index (χ2v) is 5.64. The maximum atomic E-state index is 12.5. The number of halogens is 1. The van der Waals surface area contributed by atoms with Crippen molar-refractivity contribution in [1.82, 2.24) is 5.64 Å². The first-order chi connectivity index (χ1) is 10.1. The molecule has 0 bridgehead atoms. The molecule has 1 heterocycles. The van der Waals surface area contributed by atoms with Crippen molar-refractivity contribution < 1.29 is 14.5 Å². The normalized spacial score (nSPS) is 12.3. The highest BCUT2D eigenvalue weighted by Crippen LogP contribution is 2.36. The third-order valence-corrected chi connectivity index (χ3v) is 3.96. The molecule has 0 aromatic heterocycles. The lowest BCUT2D eigenvalue weighted by molar-refractivity contribution is 0.0259. The first-order valence-electron chi connectivity index (χ1n) is 6.36. The summed E-state index contributed by atoms with van der Waals surface area (Å²) in [4.78, 5) is 22.6. The molecule has 0 unspecified atom stereocenters. The monoisotopic (exact) mass is 348 g/mol. The number of carbonyl (C=O) groups excluding carboxylic acids is 1. The van der Waals surface area contributed by atoms with E-state index in [2.05, 4.69) is 26.9 Å². The summed E-state index contributed by atoms with van der Waals surface area (Å²) in [6, 6.07) is 9.20. The van der Waals surface area contributed by atoms with Crippen LogP contribution in [-0.4, -0.2) is 5.91 Å². The Labute approximate surface area is 130 Å². The van der Waals surface area contributed by atoms with Crippen molar-refractivity contribution >= 4 is 27.5 Å². The van der Waals surface area contributed by atoms with Crippen molar-refractivity contribution in [3.8, 4) is 11.5 Å². The van der Waals surface area contributed by atoms with Gasteiger partial charge in [0.25, 0.3) is 5.91 Å². The SMILES string of the molecule is Cc1cccc(C)c1NC(=O)c1cc2c(cc1Br)ONO2. The molecule has 0 saturated carbocycles. The molecule has 21 heavy (non-hydrogen) atoms. The molecule has 0 radical (unpaired) electrons. The summed E-state index contributed by atoms with van der Waals surface area (Å²) in [6.07, 6.45) is 0. The fourth-order valence-corrected chi connectivity index (χ4v) is 2.67. The highest BCUT2D eigenvalue weighted by atomic mass is 79.9. The lowest BCUT2D eigenvalue weighted by Gasteiger charge is -2.12. The molecule has 0 spiro atoms. The third-order valence-electron chi connectivity index (χ3n) is 3.30. The van der Waals surface area contributed by atoms with Gasteiger partial charge < -0.3 is 15.0 Å². The Morgan fingerprint density at radius 2 is 1.76 bits per heavy atom. The number of hydrogen-bond donors (Lipinski definition) is 2. The number of para-hydroxylation sites is 1. The van der Waals surface area contributed by atoms with Crippen molar-refractivity contribution in [2.45, 2.75) is 13.8 Å². The van der Waals surface area contributed by atoms with E-state index in [0.717, 1.165) is 16.8 Å². The minimum absolute atomic E-state index is 0.211. The van der Waals surface area contributed by atoms with Gasteiger partial charge in [0, 0.05) is 27.9 Å². The van der Waals surface area contributed by atoms with Crippen molar-refractivity contribution in [3.63, 3.8) is 0 Å². The minimum atomic E-state index is -0.211. The van der Waals surface area contributed by atoms with E-state index in [9.17, 15) is 4.79 Å². The Kier molecular flexibility index (Phi) is 3.57. The third kappa shape index (κ3) is 2.59. The molecule has 2 aromatic carbocycles. The van der Waals surface area contributed by atoms with Gasteiger partial charge in [-0.3, -0.25) is 4.79 Å². The zero-order valence-corrected chi connectivity index (χ0v) is 13.1. The molecule has 0 atom stereocenters. The summed E-state index contributed by atoms with van der Waals surface area (Å²) in [5.41, 5.74) is 5.63. The van der Waals surface area contributed by atoms with Gasteiger partial charge in [-0.05, 0) is 40.9 Å². The van der Waals surface area contributed by atoms with E-state index in [4.69, 9.17) is 9.68 Å². The number of nitrogens with one attached hydrogen (secondary N) is 2. The maximum absolute atomic E-state index is 12.5. The van der Waals surface area contributed by atoms with E-state index in [0.29, 0.717) is 21.5 Å². The molecule has 2 aromatic rings. The summed E-state index contributed by atoms with van der Waals surface area (Å²) >= 11 is 3.38. The van der Waals surface area contributed by atoms with Crippen LogP contribution >= 0.6 is 15.9 Å². The summed E-state index contributed by atoms with van der Waals surface area (Å²) in [5, 5.41) is 2.94. The van der Waals surface area contributed by atoms with E-state index < -0.39 is 0 Å². The lowest BCUT2D eigenvalue weighted by atomic mass is 10.1. The van der Waals surface area contributed by atoms with Crippen LogP contribution in [0.4, 0.5) is 5.69 Å². The number of anilines is 1. The highest BCUT2D eigenvalue weighted by molar-refractivity contribution is 9.10. The lowest BCUT2D eigenvalue weighted by Crippen LogP contribution is -2.15. The average Bonchev–Trinajstić information content (AvgIpc) is 2.89. The van der Waals surface area contributed by atoms with Crippen LogP contribution in [0.15, 0.2) is 34.8 Å². The van der Waals surface area contributed by atoms with Gasteiger partial charge in [-0.15, -0.1) is 0 Å². The number of rotatable bonds is 2.